The van der Waals surface area contributed by atoms with Crippen molar-refractivity contribution in [3.63, 3.8) is 0 Å². The maximum absolute atomic E-state index is 13.4. The first-order valence-electron chi connectivity index (χ1n) is 25.1. The Bertz CT molecular complexity index is 3640. The van der Waals surface area contributed by atoms with Crippen LogP contribution in [0.15, 0.2) is 112 Å². The molecule has 0 bridgehead atoms. The number of fused-ring (bicyclic) bond motifs is 9. The second kappa shape index (κ2) is 23.1. The van der Waals surface area contributed by atoms with Gasteiger partial charge in [0.2, 0.25) is 11.6 Å². The van der Waals surface area contributed by atoms with E-state index in [1.165, 1.54) is 40.5 Å². The monoisotopic (exact) mass is 1140 g/mol. The minimum Gasteiger partial charge on any atom is -0.508 e. The number of aromatic hydroxyl groups is 2. The molecule has 82 heavy (non-hydrogen) atoms. The minimum absolute atomic E-state index is 0.00729. The van der Waals surface area contributed by atoms with Gasteiger partial charge in [-0.05, 0) is 114 Å². The molecule has 15 N–H and O–H groups in total. The Morgan fingerprint density at radius 3 is 1.57 bits per heavy atom. The van der Waals surface area contributed by atoms with E-state index >= 15 is 0 Å². The number of anilines is 2. The number of phenols is 2. The normalized spacial score (nSPS) is 23.5. The summed E-state index contributed by atoms with van der Waals surface area (Å²) < 4.78 is 5.15. The summed E-state index contributed by atoms with van der Waals surface area (Å²) in [5, 5.41) is 90.3. The fourth-order valence-electron chi connectivity index (χ4n) is 12.2. The number of ketones is 4. The van der Waals surface area contributed by atoms with Crippen LogP contribution in [0.25, 0.3) is 22.6 Å². The molecule has 4 aromatic rings. The molecule has 3 amide bonds. The molecule has 0 heterocycles. The lowest BCUT2D eigenvalue weighted by molar-refractivity contribution is -0.148. The molecular formula is C56H49B3N5O16S2. The second-order valence-corrected chi connectivity index (χ2v) is 21.0. The van der Waals surface area contributed by atoms with Gasteiger partial charge in [-0.25, -0.2) is 4.79 Å². The molecule has 6 atom stereocenters. The van der Waals surface area contributed by atoms with Crippen LogP contribution in [0.1, 0.15) is 71.9 Å². The number of Topliss-reactive ketones (excluding diaryl/α,β-unsaturated/α-hetero) is 4. The summed E-state index contributed by atoms with van der Waals surface area (Å²) in [6.07, 6.45) is -0.819. The van der Waals surface area contributed by atoms with Gasteiger partial charge in [-0.15, -0.1) is 4.99 Å². The summed E-state index contributed by atoms with van der Waals surface area (Å²) in [7, 11) is 10.0. The van der Waals surface area contributed by atoms with Crippen LogP contribution in [0.5, 0.6) is 11.5 Å². The highest BCUT2D eigenvalue weighted by atomic mass is 32.1. The lowest BCUT2D eigenvalue weighted by atomic mass is 9.40. The van der Waals surface area contributed by atoms with E-state index in [1.54, 1.807) is 13.0 Å². The number of ether oxygens (including phenoxy) is 1. The number of aliphatic hydroxyl groups is 6. The number of nitrogens with two attached hydrogens (primary N) is 3. The lowest BCUT2D eigenvalue weighted by Gasteiger charge is -2.46. The Balaban J connectivity index is 0.000000160. The van der Waals surface area contributed by atoms with E-state index in [4.69, 9.17) is 34.2 Å². The van der Waals surface area contributed by atoms with Crippen molar-refractivity contribution in [2.45, 2.75) is 62.6 Å². The number of isothiocyanates is 1. The van der Waals surface area contributed by atoms with Crippen LogP contribution in [0.4, 0.5) is 16.2 Å². The van der Waals surface area contributed by atoms with Gasteiger partial charge in [0.1, 0.15) is 52.3 Å². The summed E-state index contributed by atoms with van der Waals surface area (Å²) in [5.41, 5.74) is 15.8. The number of carbonyl (C=O) groups excluding carboxylic acids is 7. The second-order valence-electron chi connectivity index (χ2n) is 20.2. The zero-order chi connectivity index (χ0) is 60.0. The van der Waals surface area contributed by atoms with Crippen LogP contribution in [0.2, 0.25) is 0 Å². The standard InChI is InChI=1S/C21H20N2O7S.C19H18N2O7.C16H11NO2S.B3/c1-7(31)23-11-2-3-12(24)15-10(11)5-8-4-9-6-13(25)16(20(22)29)19(28)21(9,30)18(27)14(8)17(15)26;20-9-1-2-10(22)13-8(9)4-6-3-7-5-11(23)14(18(21)27)17(26)19(7,28)16(25)12(6)15(13)24;18-16(17-10-20)19-9-15-13-7-3-1-5-11(13)12-6-2-4-8-14(12)15;1-3-2/h2-3,8-9,24,26,28,30H,4-6H2,1H3,(H2,22,29)(H,23,31);1-2,6-7,22,24,26,28H,3-5,20H2,(H2,21,27);1-8,15H,9H2;/t8?,9?,21-;6?,7?,19-;;/m00../s1. The Morgan fingerprint density at radius 2 is 1.13 bits per heavy atom. The van der Waals surface area contributed by atoms with Crippen molar-refractivity contribution in [1.82, 2.24) is 0 Å². The van der Waals surface area contributed by atoms with Crippen molar-refractivity contribution in [3.8, 4) is 22.6 Å². The van der Waals surface area contributed by atoms with Crippen LogP contribution in [0.3, 0.4) is 0 Å². The number of rotatable bonds is 5. The molecule has 0 aromatic heterocycles. The van der Waals surface area contributed by atoms with Crippen molar-refractivity contribution >= 4 is 121 Å². The molecular weight excluding hydrogens is 1100 g/mol. The highest BCUT2D eigenvalue weighted by Gasteiger charge is 2.62. The van der Waals surface area contributed by atoms with Crippen molar-refractivity contribution in [2.24, 2.45) is 40.1 Å². The first kappa shape index (κ1) is 59.5. The molecule has 7 aliphatic carbocycles. The van der Waals surface area contributed by atoms with E-state index in [2.05, 4.69) is 62.3 Å². The Labute approximate surface area is 481 Å². The fraction of sp³-hybridized carbons (Fsp3) is 0.268. The van der Waals surface area contributed by atoms with Crippen LogP contribution >= 0.6 is 24.4 Å². The molecule has 2 saturated carbocycles. The number of nitrogen functional groups attached to an aromatic ring is 1. The molecule has 5 radical (unpaired) electrons. The summed E-state index contributed by atoms with van der Waals surface area (Å²) in [6, 6.07) is 22.0. The summed E-state index contributed by atoms with van der Waals surface area (Å²) in [4.78, 5) is 89.3. The molecule has 415 valence electrons. The number of nitrogens with one attached hydrogen (secondary N) is 1. The van der Waals surface area contributed by atoms with Crippen molar-refractivity contribution in [2.75, 3.05) is 17.7 Å². The highest BCUT2D eigenvalue weighted by Crippen LogP contribution is 2.55. The third-order valence-corrected chi connectivity index (χ3v) is 15.9. The van der Waals surface area contributed by atoms with E-state index in [-0.39, 0.29) is 84.8 Å². The van der Waals surface area contributed by atoms with E-state index in [9.17, 15) is 74.4 Å². The maximum atomic E-state index is 13.4. The number of benzene rings is 4. The van der Waals surface area contributed by atoms with Gasteiger partial charge in [-0.2, -0.15) is 0 Å². The number of amides is 3. The maximum Gasteiger partial charge on any atom is 0.442 e. The van der Waals surface area contributed by atoms with Crippen molar-refractivity contribution in [1.29, 1.82) is 0 Å². The van der Waals surface area contributed by atoms with Gasteiger partial charge < -0.3 is 68.1 Å². The molecule has 26 heteroatoms. The molecule has 0 aliphatic heterocycles. The molecule has 0 saturated heterocycles. The van der Waals surface area contributed by atoms with Gasteiger partial charge in [0.25, 0.3) is 11.8 Å². The largest absolute Gasteiger partial charge is 0.508 e. The summed E-state index contributed by atoms with van der Waals surface area (Å²) >= 11 is 9.47. The Kier molecular flexibility index (Phi) is 16.7. The SMILES string of the molecule is CC(=S)Nc1ccc(O)c2c1CC1CC3CC(=O)C(C(N)=O)=C(O)[C@@]3(O)C(=O)C1=C2O.NC(=O)C1=C(O)[C@@]2(O)C(=O)C3=C(O)c4c(O)ccc(N)c4CC3CC2CC1=O.O=C(N=C=S)OCC1c2ccccc2-c2ccccc21.[B][B][B]. The smallest absolute Gasteiger partial charge is 0.442 e. The average molecular weight is 1140 g/mol. The molecule has 4 aromatic carbocycles. The van der Waals surface area contributed by atoms with E-state index < -0.39 is 110 Å². The van der Waals surface area contributed by atoms with Gasteiger partial charge in [-0.3, -0.25) is 28.8 Å². The fourth-order valence-corrected chi connectivity index (χ4v) is 12.4. The third kappa shape index (κ3) is 10.1. The van der Waals surface area contributed by atoms with Gasteiger partial charge in [0.05, 0.1) is 21.3 Å². The van der Waals surface area contributed by atoms with Crippen molar-refractivity contribution in [3.05, 3.63) is 140 Å². The lowest BCUT2D eigenvalue weighted by Crippen LogP contribution is -2.58. The number of thiocarbonyl (C=S) groups is 2. The van der Waals surface area contributed by atoms with Crippen LogP contribution in [-0.2, 0) is 46.3 Å². The molecule has 4 unspecified atom stereocenters. The Morgan fingerprint density at radius 1 is 0.707 bits per heavy atom. The van der Waals surface area contributed by atoms with Gasteiger partial charge >= 0.3 is 6.09 Å². The number of phenolic OH excluding ortho intramolecular Hbond substituents is 2. The van der Waals surface area contributed by atoms with Gasteiger partial charge in [-0.1, -0.05) is 60.7 Å². The minimum atomic E-state index is -2.56. The Hall–Kier alpha value is -8.67. The predicted molar refractivity (Wildman–Crippen MR) is 306 cm³/mol. The first-order valence-corrected chi connectivity index (χ1v) is 26.0. The molecule has 21 nitrogen and oxygen atoms in total. The van der Waals surface area contributed by atoms with E-state index in [0.29, 0.717) is 27.5 Å². The zero-order valence-electron chi connectivity index (χ0n) is 43.3. The number of nitrogens with zero attached hydrogens (tertiary/aromatic N) is 1. The zero-order valence-corrected chi connectivity index (χ0v) is 45.0. The third-order valence-electron chi connectivity index (χ3n) is 15.7. The predicted octanol–water partition coefficient (Wildman–Crippen LogP) is 4.09. The van der Waals surface area contributed by atoms with Crippen LogP contribution < -0.4 is 22.5 Å². The van der Waals surface area contributed by atoms with Gasteiger partial charge in [0.15, 0.2) is 22.8 Å². The number of primary amides is 2. The molecule has 11 rings (SSSR count). The summed E-state index contributed by atoms with van der Waals surface area (Å²) in [5.74, 6) is -13.0. The quantitative estimate of drug-likeness (QED) is 0.0334. The van der Waals surface area contributed by atoms with Gasteiger partial charge in [0, 0.05) is 75.7 Å². The molecule has 7 aliphatic rings. The van der Waals surface area contributed by atoms with Crippen molar-refractivity contribution < 1.29 is 79.2 Å². The van der Waals surface area contributed by atoms with E-state index in [1.807, 2.05) is 29.4 Å². The number of carbonyl (C=O) groups is 7. The summed E-state index contributed by atoms with van der Waals surface area (Å²) in [6.45, 7) is 1.93. The number of hydrogen-bond acceptors (Lipinski definition) is 19. The van der Waals surface area contributed by atoms with Crippen LogP contribution in [0, 0.1) is 23.7 Å². The first-order chi connectivity index (χ1) is 38.8. The average Bonchev–Trinajstić information content (AvgIpc) is 2.42. The topological polar surface area (TPSA) is 393 Å². The number of aliphatic imine (C=N–C) groups is 1. The number of aliphatic hydroxyl groups excluding tert-OH is 4. The molecule has 2 fully saturated rings. The van der Waals surface area contributed by atoms with Crippen LogP contribution in [-0.4, -0.2) is 132 Å². The molecule has 0 spiro atoms. The van der Waals surface area contributed by atoms with E-state index in [0.717, 1.165) is 7.06 Å². The highest BCUT2D eigenvalue weighted by molar-refractivity contribution is 7.80. The number of hydrogen-bond donors (Lipinski definition) is 12.